The fourth-order valence-electron chi connectivity index (χ4n) is 2.38. The van der Waals surface area contributed by atoms with Gasteiger partial charge in [0.25, 0.3) is 0 Å². The topological polar surface area (TPSA) is 32.3 Å². The Morgan fingerprint density at radius 1 is 1.32 bits per heavy atom. The fraction of sp³-hybridized carbons (Fsp3) is 0.467. The highest BCUT2D eigenvalue weighted by Gasteiger charge is 2.34. The molecule has 4 heteroatoms. The van der Waals surface area contributed by atoms with Crippen molar-refractivity contribution in [2.75, 3.05) is 6.54 Å². The molecule has 2 nitrogen and oxygen atoms in total. The lowest BCUT2D eigenvalue weighted by Crippen LogP contribution is -2.37. The molecule has 3 rings (SSSR count). The molecule has 1 aliphatic carbocycles. The van der Waals surface area contributed by atoms with Crippen LogP contribution in [-0.4, -0.2) is 11.7 Å². The van der Waals surface area contributed by atoms with Gasteiger partial charge in [0, 0.05) is 22.3 Å². The summed E-state index contributed by atoms with van der Waals surface area (Å²) >= 11 is 3.42. The zero-order valence-corrected chi connectivity index (χ0v) is 12.6. The minimum absolute atomic E-state index is 0.409. The molecule has 0 amide bonds. The van der Waals surface area contributed by atoms with E-state index in [1.54, 1.807) is 22.7 Å². The van der Waals surface area contributed by atoms with Gasteiger partial charge in [-0.25, -0.2) is 0 Å². The summed E-state index contributed by atoms with van der Waals surface area (Å²) in [5.41, 5.74) is -0.779. The van der Waals surface area contributed by atoms with Crippen LogP contribution in [0.3, 0.4) is 0 Å². The normalized spacial score (nSPS) is 20.1. The summed E-state index contributed by atoms with van der Waals surface area (Å²) in [6.45, 7) is 2.50. The second-order valence-electron chi connectivity index (χ2n) is 5.46. The standard InChI is InChI=1S/C15H19NOS2/c1-15(17,13-5-3-9-19-13)10-16-14(11-6-7-11)12-4-2-8-18-12/h2-5,8-9,11,14,16-17H,6-7,10H2,1H3. The highest BCUT2D eigenvalue weighted by Crippen LogP contribution is 2.42. The smallest absolute Gasteiger partial charge is 0.108 e. The number of thiophene rings is 2. The minimum atomic E-state index is -0.779. The van der Waals surface area contributed by atoms with Crippen molar-refractivity contribution in [3.05, 3.63) is 44.8 Å². The molecular weight excluding hydrogens is 274 g/mol. The van der Waals surface area contributed by atoms with Crippen LogP contribution < -0.4 is 5.32 Å². The van der Waals surface area contributed by atoms with Crippen LogP contribution in [0.1, 0.15) is 35.6 Å². The zero-order chi connectivity index (χ0) is 13.3. The maximum atomic E-state index is 10.6. The van der Waals surface area contributed by atoms with E-state index in [1.807, 2.05) is 24.4 Å². The number of hydrogen-bond donors (Lipinski definition) is 2. The predicted molar refractivity (Wildman–Crippen MR) is 81.7 cm³/mol. The molecule has 0 radical (unpaired) electrons. The molecule has 2 heterocycles. The molecule has 0 saturated heterocycles. The third kappa shape index (κ3) is 3.08. The van der Waals surface area contributed by atoms with Crippen molar-refractivity contribution in [3.63, 3.8) is 0 Å². The number of rotatable bonds is 6. The molecule has 0 aliphatic heterocycles. The highest BCUT2D eigenvalue weighted by molar-refractivity contribution is 7.10. The van der Waals surface area contributed by atoms with Crippen LogP contribution >= 0.6 is 22.7 Å². The van der Waals surface area contributed by atoms with Crippen LogP contribution in [0.25, 0.3) is 0 Å². The Bertz CT molecular complexity index is 500. The summed E-state index contributed by atoms with van der Waals surface area (Å²) in [6, 6.07) is 8.71. The molecule has 1 saturated carbocycles. The minimum Gasteiger partial charge on any atom is -0.383 e. The number of hydrogen-bond acceptors (Lipinski definition) is 4. The SMILES string of the molecule is CC(O)(CNC(c1cccs1)C1CC1)c1cccs1. The quantitative estimate of drug-likeness (QED) is 0.850. The van der Waals surface area contributed by atoms with Gasteiger partial charge in [-0.3, -0.25) is 0 Å². The Hall–Kier alpha value is -0.680. The Morgan fingerprint density at radius 3 is 2.63 bits per heavy atom. The molecule has 2 aromatic rings. The molecule has 102 valence electrons. The average molecular weight is 293 g/mol. The Labute approximate surface area is 122 Å². The van der Waals surface area contributed by atoms with E-state index in [0.29, 0.717) is 12.6 Å². The molecule has 1 fully saturated rings. The van der Waals surface area contributed by atoms with Crippen LogP contribution in [0.5, 0.6) is 0 Å². The van der Waals surface area contributed by atoms with Crippen LogP contribution in [0.15, 0.2) is 35.0 Å². The lowest BCUT2D eigenvalue weighted by molar-refractivity contribution is 0.0567. The van der Waals surface area contributed by atoms with Gasteiger partial charge >= 0.3 is 0 Å². The lowest BCUT2D eigenvalue weighted by Gasteiger charge is -2.26. The van der Waals surface area contributed by atoms with Gasteiger partial charge in [0.2, 0.25) is 0 Å². The molecule has 19 heavy (non-hydrogen) atoms. The van der Waals surface area contributed by atoms with Crippen molar-refractivity contribution in [2.24, 2.45) is 5.92 Å². The van der Waals surface area contributed by atoms with E-state index in [-0.39, 0.29) is 0 Å². The monoisotopic (exact) mass is 293 g/mol. The van der Waals surface area contributed by atoms with Crippen LogP contribution in [0, 0.1) is 5.92 Å². The van der Waals surface area contributed by atoms with E-state index >= 15 is 0 Å². The summed E-state index contributed by atoms with van der Waals surface area (Å²) < 4.78 is 0. The van der Waals surface area contributed by atoms with E-state index in [0.717, 1.165) is 10.8 Å². The number of nitrogens with one attached hydrogen (secondary N) is 1. The lowest BCUT2D eigenvalue weighted by atomic mass is 10.0. The Balaban J connectivity index is 1.67. The van der Waals surface area contributed by atoms with Crippen molar-refractivity contribution >= 4 is 22.7 Å². The van der Waals surface area contributed by atoms with Crippen LogP contribution in [-0.2, 0) is 5.60 Å². The first-order valence-corrected chi connectivity index (χ1v) is 8.46. The maximum absolute atomic E-state index is 10.6. The van der Waals surface area contributed by atoms with E-state index in [4.69, 9.17) is 0 Å². The summed E-state index contributed by atoms with van der Waals surface area (Å²) in [7, 11) is 0. The van der Waals surface area contributed by atoms with Gasteiger partial charge in [-0.1, -0.05) is 12.1 Å². The fourth-order valence-corrected chi connectivity index (χ4v) is 4.06. The van der Waals surface area contributed by atoms with Gasteiger partial charge in [0.15, 0.2) is 0 Å². The molecule has 0 bridgehead atoms. The largest absolute Gasteiger partial charge is 0.383 e. The first-order chi connectivity index (χ1) is 9.17. The second-order valence-corrected chi connectivity index (χ2v) is 7.39. The molecule has 1 aliphatic rings. The first kappa shape index (κ1) is 13.3. The average Bonchev–Trinajstić information content (AvgIpc) is 2.88. The first-order valence-electron chi connectivity index (χ1n) is 6.70. The predicted octanol–water partition coefficient (Wildman–Crippen LogP) is 3.76. The molecular formula is C15H19NOS2. The second kappa shape index (κ2) is 5.37. The number of aliphatic hydroxyl groups is 1. The summed E-state index contributed by atoms with van der Waals surface area (Å²) in [5, 5.41) is 18.3. The van der Waals surface area contributed by atoms with Crippen molar-refractivity contribution in [2.45, 2.75) is 31.4 Å². The summed E-state index contributed by atoms with van der Waals surface area (Å²) in [4.78, 5) is 2.42. The van der Waals surface area contributed by atoms with Crippen molar-refractivity contribution < 1.29 is 5.11 Å². The van der Waals surface area contributed by atoms with E-state index in [2.05, 4.69) is 22.8 Å². The van der Waals surface area contributed by atoms with E-state index in [9.17, 15) is 5.11 Å². The van der Waals surface area contributed by atoms with E-state index < -0.39 is 5.60 Å². The Kier molecular flexibility index (Phi) is 3.76. The zero-order valence-electron chi connectivity index (χ0n) is 11.0. The van der Waals surface area contributed by atoms with Crippen LogP contribution in [0.2, 0.25) is 0 Å². The van der Waals surface area contributed by atoms with Gasteiger partial charge in [-0.2, -0.15) is 0 Å². The maximum Gasteiger partial charge on any atom is 0.108 e. The molecule has 2 unspecified atom stereocenters. The third-order valence-corrected chi connectivity index (χ3v) is 5.74. The van der Waals surface area contributed by atoms with Gasteiger partial charge < -0.3 is 10.4 Å². The molecule has 0 spiro atoms. The molecule has 2 atom stereocenters. The molecule has 2 aromatic heterocycles. The van der Waals surface area contributed by atoms with Crippen LogP contribution in [0.4, 0.5) is 0 Å². The van der Waals surface area contributed by atoms with Crippen molar-refractivity contribution in [1.29, 1.82) is 0 Å². The van der Waals surface area contributed by atoms with Gasteiger partial charge in [-0.15, -0.1) is 22.7 Å². The molecule has 0 aromatic carbocycles. The summed E-state index contributed by atoms with van der Waals surface area (Å²) in [6.07, 6.45) is 2.60. The summed E-state index contributed by atoms with van der Waals surface area (Å²) in [5.74, 6) is 0.748. The van der Waals surface area contributed by atoms with Crippen molar-refractivity contribution in [1.82, 2.24) is 5.32 Å². The van der Waals surface area contributed by atoms with Crippen molar-refractivity contribution in [3.8, 4) is 0 Å². The Morgan fingerprint density at radius 2 is 2.05 bits per heavy atom. The third-order valence-electron chi connectivity index (χ3n) is 3.66. The van der Waals surface area contributed by atoms with Gasteiger partial charge in [0.05, 0.1) is 0 Å². The molecule has 2 N–H and O–H groups in total. The van der Waals surface area contributed by atoms with Gasteiger partial charge in [0.1, 0.15) is 5.60 Å². The van der Waals surface area contributed by atoms with E-state index in [1.165, 1.54) is 17.7 Å². The van der Waals surface area contributed by atoms with Gasteiger partial charge in [-0.05, 0) is 48.6 Å². The highest BCUT2D eigenvalue weighted by atomic mass is 32.1.